The monoisotopic (exact) mass is 146 g/mol. The van der Waals surface area contributed by atoms with Crippen LogP contribution in [0.4, 0.5) is 4.79 Å². The fourth-order valence-electron chi connectivity index (χ4n) is 0.332. The molecule has 0 aromatic carbocycles. The van der Waals surface area contributed by atoms with E-state index >= 15 is 0 Å². The molecule has 0 atom stereocenters. The van der Waals surface area contributed by atoms with E-state index in [2.05, 4.69) is 4.74 Å². The Morgan fingerprint density at radius 2 is 2.20 bits per heavy atom. The summed E-state index contributed by atoms with van der Waals surface area (Å²) in [5.41, 5.74) is 4.90. The molecule has 0 saturated heterocycles. The second-order valence-corrected chi connectivity index (χ2v) is 1.47. The first-order valence-corrected chi connectivity index (χ1v) is 2.87. The smallest absolute Gasteiger partial charge is 0.413 e. The lowest BCUT2D eigenvalue weighted by molar-refractivity contribution is -0.119. The molecule has 0 spiro atoms. The Balaban J connectivity index is 3.47. The van der Waals surface area contributed by atoms with Crippen molar-refractivity contribution in [3.05, 3.63) is 0 Å². The zero-order chi connectivity index (χ0) is 7.98. The molecular formula is C5H10N2O3. The van der Waals surface area contributed by atoms with Crippen LogP contribution in [0.25, 0.3) is 0 Å². The highest BCUT2D eigenvalue weighted by Crippen LogP contribution is 1.74. The summed E-state index contributed by atoms with van der Waals surface area (Å²) < 4.78 is 4.39. The molecule has 0 radical (unpaired) electrons. The maximum Gasteiger partial charge on any atom is 0.413 e. The third-order valence-electron chi connectivity index (χ3n) is 0.702. The van der Waals surface area contributed by atoms with E-state index in [4.69, 9.17) is 5.73 Å². The molecular weight excluding hydrogens is 136 g/mol. The Kier molecular flexibility index (Phi) is 4.23. The van der Waals surface area contributed by atoms with Crippen LogP contribution < -0.4 is 11.1 Å². The van der Waals surface area contributed by atoms with Gasteiger partial charge in [-0.3, -0.25) is 10.1 Å². The highest BCUT2D eigenvalue weighted by Gasteiger charge is 2.03. The maximum atomic E-state index is 10.4. The summed E-state index contributed by atoms with van der Waals surface area (Å²) in [5.74, 6) is -0.543. The lowest BCUT2D eigenvalue weighted by atomic mass is 10.6. The molecule has 2 amide bonds. The minimum atomic E-state index is -0.752. The number of imide groups is 1. The van der Waals surface area contributed by atoms with Crippen LogP contribution in [0.1, 0.15) is 6.92 Å². The third kappa shape index (κ3) is 3.85. The topological polar surface area (TPSA) is 81.4 Å². The molecule has 0 fully saturated rings. The van der Waals surface area contributed by atoms with Crippen LogP contribution in [-0.4, -0.2) is 25.2 Å². The number of alkyl carbamates (subject to hydrolysis) is 1. The molecule has 0 aliphatic rings. The van der Waals surface area contributed by atoms with Crippen LogP contribution in [0, 0.1) is 0 Å². The van der Waals surface area contributed by atoms with Gasteiger partial charge < -0.3 is 10.5 Å². The van der Waals surface area contributed by atoms with E-state index in [9.17, 15) is 9.59 Å². The molecule has 0 heterocycles. The van der Waals surface area contributed by atoms with E-state index in [1.807, 2.05) is 5.32 Å². The van der Waals surface area contributed by atoms with Gasteiger partial charge in [0.25, 0.3) is 0 Å². The van der Waals surface area contributed by atoms with Crippen molar-refractivity contribution in [3.8, 4) is 0 Å². The van der Waals surface area contributed by atoms with Crippen molar-refractivity contribution in [2.24, 2.45) is 5.73 Å². The summed E-state index contributed by atoms with van der Waals surface area (Å²) in [6.45, 7) is 1.68. The van der Waals surface area contributed by atoms with Crippen molar-refractivity contribution < 1.29 is 14.3 Å². The van der Waals surface area contributed by atoms with E-state index in [1.165, 1.54) is 0 Å². The van der Waals surface area contributed by atoms with Gasteiger partial charge in [0.2, 0.25) is 5.91 Å². The number of hydrogen-bond donors (Lipinski definition) is 2. The molecule has 0 aliphatic carbocycles. The molecule has 0 rings (SSSR count). The van der Waals surface area contributed by atoms with Gasteiger partial charge in [-0.25, -0.2) is 4.79 Å². The minimum Gasteiger partial charge on any atom is -0.450 e. The Bertz CT molecular complexity index is 135. The van der Waals surface area contributed by atoms with E-state index in [0.717, 1.165) is 0 Å². The van der Waals surface area contributed by atoms with Gasteiger partial charge in [0.1, 0.15) is 0 Å². The van der Waals surface area contributed by atoms with Crippen LogP contribution in [-0.2, 0) is 9.53 Å². The molecule has 5 nitrogen and oxygen atoms in total. The molecule has 5 heteroatoms. The van der Waals surface area contributed by atoms with E-state index in [1.54, 1.807) is 6.92 Å². The summed E-state index contributed by atoms with van der Waals surface area (Å²) in [7, 11) is 0. The largest absolute Gasteiger partial charge is 0.450 e. The van der Waals surface area contributed by atoms with Crippen LogP contribution in [0.2, 0.25) is 0 Å². The van der Waals surface area contributed by atoms with Crippen LogP contribution in [0.15, 0.2) is 0 Å². The molecule has 0 aliphatic heterocycles. The maximum absolute atomic E-state index is 10.4. The van der Waals surface area contributed by atoms with Gasteiger partial charge in [-0.2, -0.15) is 0 Å². The lowest BCUT2D eigenvalue weighted by Gasteiger charge is -2.00. The Labute approximate surface area is 58.5 Å². The average Bonchev–Trinajstić information content (AvgIpc) is 1.88. The second-order valence-electron chi connectivity index (χ2n) is 1.47. The Hall–Kier alpha value is -1.10. The molecule has 0 aromatic rings. The average molecular weight is 146 g/mol. The van der Waals surface area contributed by atoms with Gasteiger partial charge >= 0.3 is 6.09 Å². The van der Waals surface area contributed by atoms with Gasteiger partial charge in [-0.1, -0.05) is 0 Å². The first-order valence-electron chi connectivity index (χ1n) is 2.87. The number of nitrogens with two attached hydrogens (primary N) is 1. The number of hydrogen-bond acceptors (Lipinski definition) is 4. The van der Waals surface area contributed by atoms with Crippen LogP contribution in [0.5, 0.6) is 0 Å². The Morgan fingerprint density at radius 1 is 1.60 bits per heavy atom. The highest BCUT2D eigenvalue weighted by molar-refractivity contribution is 5.92. The molecule has 58 valence electrons. The van der Waals surface area contributed by atoms with Crippen molar-refractivity contribution in [1.82, 2.24) is 5.32 Å². The second kappa shape index (κ2) is 4.75. The first kappa shape index (κ1) is 8.90. The van der Waals surface area contributed by atoms with E-state index in [0.29, 0.717) is 0 Å². The number of carbonyl (C=O) groups excluding carboxylic acids is 2. The van der Waals surface area contributed by atoms with Crippen molar-refractivity contribution in [2.75, 3.05) is 13.2 Å². The highest BCUT2D eigenvalue weighted by atomic mass is 16.5. The molecule has 0 aromatic heterocycles. The fourth-order valence-corrected chi connectivity index (χ4v) is 0.332. The lowest BCUT2D eigenvalue weighted by Crippen LogP contribution is -2.35. The van der Waals surface area contributed by atoms with Crippen molar-refractivity contribution >= 4 is 12.0 Å². The summed E-state index contributed by atoms with van der Waals surface area (Å²) in [4.78, 5) is 20.8. The zero-order valence-electron chi connectivity index (χ0n) is 5.72. The van der Waals surface area contributed by atoms with Crippen molar-refractivity contribution in [2.45, 2.75) is 6.92 Å². The standard InChI is InChI=1S/C5H10N2O3/c1-2-10-5(9)7-4(8)3-6/h2-3,6H2,1H3,(H,7,8,9). The van der Waals surface area contributed by atoms with E-state index in [-0.39, 0.29) is 13.2 Å². The number of amides is 2. The molecule has 0 bridgehead atoms. The molecule has 0 unspecified atom stereocenters. The Morgan fingerprint density at radius 3 is 2.60 bits per heavy atom. The summed E-state index contributed by atoms with van der Waals surface area (Å²) in [6.07, 6.45) is -0.752. The van der Waals surface area contributed by atoms with Gasteiger partial charge in [-0.15, -0.1) is 0 Å². The predicted octanol–water partition coefficient (Wildman–Crippen LogP) is -0.782. The normalized spacial score (nSPS) is 8.60. The van der Waals surface area contributed by atoms with E-state index < -0.39 is 12.0 Å². The van der Waals surface area contributed by atoms with Gasteiger partial charge in [0, 0.05) is 0 Å². The zero-order valence-corrected chi connectivity index (χ0v) is 5.72. The van der Waals surface area contributed by atoms with Gasteiger partial charge in [-0.05, 0) is 6.92 Å². The quantitative estimate of drug-likeness (QED) is 0.535. The molecule has 3 N–H and O–H groups in total. The number of nitrogens with one attached hydrogen (secondary N) is 1. The third-order valence-corrected chi connectivity index (χ3v) is 0.702. The number of rotatable bonds is 2. The molecule has 0 saturated carbocycles. The molecule has 10 heavy (non-hydrogen) atoms. The van der Waals surface area contributed by atoms with Crippen LogP contribution >= 0.6 is 0 Å². The number of ether oxygens (including phenoxy) is 1. The summed E-state index contributed by atoms with van der Waals surface area (Å²) >= 11 is 0. The number of carbonyl (C=O) groups is 2. The summed E-state index contributed by atoms with van der Waals surface area (Å²) in [5, 5.41) is 1.91. The predicted molar refractivity (Wildman–Crippen MR) is 34.2 cm³/mol. The van der Waals surface area contributed by atoms with Gasteiger partial charge in [0.15, 0.2) is 0 Å². The van der Waals surface area contributed by atoms with Crippen molar-refractivity contribution in [3.63, 3.8) is 0 Å². The van der Waals surface area contributed by atoms with Crippen LogP contribution in [0.3, 0.4) is 0 Å². The van der Waals surface area contributed by atoms with Gasteiger partial charge in [0.05, 0.1) is 13.2 Å². The summed E-state index contributed by atoms with van der Waals surface area (Å²) in [6, 6.07) is 0. The van der Waals surface area contributed by atoms with Crippen molar-refractivity contribution in [1.29, 1.82) is 0 Å². The SMILES string of the molecule is CCOC(=O)NC(=O)CN. The fraction of sp³-hybridized carbons (Fsp3) is 0.600. The minimum absolute atomic E-state index is 0.210. The first-order chi connectivity index (χ1) is 4.70.